The Morgan fingerprint density at radius 3 is 2.47 bits per heavy atom. The first-order chi connectivity index (χ1) is 13.7. The predicted molar refractivity (Wildman–Crippen MR) is 130 cm³/mol. The molecule has 1 saturated carbocycles. The highest BCUT2D eigenvalue weighted by molar-refractivity contribution is 6.74. The van der Waals surface area contributed by atoms with Gasteiger partial charge in [-0.3, -0.25) is 0 Å². The van der Waals surface area contributed by atoms with Crippen molar-refractivity contribution in [1.82, 2.24) is 0 Å². The number of hydrogen-bond donors (Lipinski definition) is 0. The van der Waals surface area contributed by atoms with Crippen molar-refractivity contribution in [3.63, 3.8) is 0 Å². The zero-order valence-corrected chi connectivity index (χ0v) is 22.7. The zero-order valence-electron chi connectivity index (χ0n) is 21.7. The van der Waals surface area contributed by atoms with Crippen LogP contribution in [0.25, 0.3) is 0 Å². The van der Waals surface area contributed by atoms with Crippen molar-refractivity contribution in [2.24, 2.45) is 17.3 Å². The Morgan fingerprint density at radius 2 is 1.87 bits per heavy atom. The van der Waals surface area contributed by atoms with Crippen LogP contribution in [0.2, 0.25) is 18.1 Å². The largest absolute Gasteiger partial charge is 0.414 e. The summed E-state index contributed by atoms with van der Waals surface area (Å²) in [5.41, 5.74) is 1.93. The standard InChI is InChI=1S/C26H50O3Si/c1-20(13-11-17-25(5,6)28-19-27-8)21-15-16-22-23(14-12-18-26(21,22)7)29-30(9,10)24(2,3)4/h15,20,22-23H,11-14,16-19H2,1-10H3. The second-order valence-corrected chi connectivity index (χ2v) is 17.1. The van der Waals surface area contributed by atoms with Crippen molar-refractivity contribution in [3.8, 4) is 0 Å². The van der Waals surface area contributed by atoms with Crippen molar-refractivity contribution in [1.29, 1.82) is 0 Å². The molecule has 1 fully saturated rings. The lowest BCUT2D eigenvalue weighted by molar-refractivity contribution is -0.117. The van der Waals surface area contributed by atoms with Gasteiger partial charge in [-0.15, -0.1) is 0 Å². The number of rotatable bonds is 10. The lowest BCUT2D eigenvalue weighted by Gasteiger charge is -2.49. The fourth-order valence-electron chi connectivity index (χ4n) is 5.47. The summed E-state index contributed by atoms with van der Waals surface area (Å²) >= 11 is 0. The van der Waals surface area contributed by atoms with Gasteiger partial charge in [-0.25, -0.2) is 0 Å². The fraction of sp³-hybridized carbons (Fsp3) is 0.923. The van der Waals surface area contributed by atoms with Gasteiger partial charge in [0.25, 0.3) is 0 Å². The molecule has 0 heterocycles. The van der Waals surface area contributed by atoms with Gasteiger partial charge in [-0.05, 0) is 81.3 Å². The molecule has 0 spiro atoms. The minimum Gasteiger partial charge on any atom is -0.414 e. The highest BCUT2D eigenvalue weighted by Gasteiger charge is 2.51. The fourth-order valence-corrected chi connectivity index (χ4v) is 6.86. The summed E-state index contributed by atoms with van der Waals surface area (Å²) in [4.78, 5) is 0. The molecule has 176 valence electrons. The Kier molecular flexibility index (Phi) is 8.49. The molecule has 0 aromatic carbocycles. The molecule has 4 unspecified atom stereocenters. The molecule has 0 saturated heterocycles. The quantitative estimate of drug-likeness (QED) is 0.198. The molecule has 0 aromatic rings. The SMILES string of the molecule is COCOC(C)(C)CCCC(C)C1=CCC2C(O[Si](C)(C)C(C)(C)C)CCCC12C. The Morgan fingerprint density at radius 1 is 1.20 bits per heavy atom. The van der Waals surface area contributed by atoms with Crippen LogP contribution < -0.4 is 0 Å². The molecule has 0 N–H and O–H groups in total. The Labute approximate surface area is 188 Å². The molecule has 3 nitrogen and oxygen atoms in total. The van der Waals surface area contributed by atoms with Gasteiger partial charge in [0.05, 0.1) is 5.60 Å². The molecule has 30 heavy (non-hydrogen) atoms. The predicted octanol–water partition coefficient (Wildman–Crippen LogP) is 7.72. The summed E-state index contributed by atoms with van der Waals surface area (Å²) < 4.78 is 17.9. The highest BCUT2D eigenvalue weighted by atomic mass is 28.4. The van der Waals surface area contributed by atoms with E-state index in [9.17, 15) is 0 Å². The van der Waals surface area contributed by atoms with Crippen LogP contribution in [0.5, 0.6) is 0 Å². The average Bonchev–Trinajstić information content (AvgIpc) is 2.96. The second kappa shape index (κ2) is 9.76. The minimum atomic E-state index is -1.73. The molecular formula is C26H50O3Si. The molecule has 4 atom stereocenters. The molecule has 0 aromatic heterocycles. The first-order valence-corrected chi connectivity index (χ1v) is 15.2. The summed E-state index contributed by atoms with van der Waals surface area (Å²) in [5.74, 6) is 1.31. The third kappa shape index (κ3) is 5.99. The zero-order chi connectivity index (χ0) is 22.8. The van der Waals surface area contributed by atoms with E-state index in [4.69, 9.17) is 13.9 Å². The normalized spacial score (nSPS) is 28.9. The summed E-state index contributed by atoms with van der Waals surface area (Å²) in [5, 5.41) is 0.278. The van der Waals surface area contributed by atoms with Crippen LogP contribution in [0.4, 0.5) is 0 Å². The number of hydrogen-bond acceptors (Lipinski definition) is 3. The van der Waals surface area contributed by atoms with E-state index in [1.165, 1.54) is 38.5 Å². The third-order valence-corrected chi connectivity index (χ3v) is 13.0. The van der Waals surface area contributed by atoms with Crippen molar-refractivity contribution < 1.29 is 13.9 Å². The smallest absolute Gasteiger partial charge is 0.192 e. The molecule has 2 aliphatic rings. The van der Waals surface area contributed by atoms with Crippen LogP contribution >= 0.6 is 0 Å². The molecule has 0 bridgehead atoms. The first kappa shape index (κ1) is 26.1. The van der Waals surface area contributed by atoms with E-state index in [0.29, 0.717) is 30.1 Å². The summed E-state index contributed by atoms with van der Waals surface area (Å²) in [6.07, 6.45) is 11.6. The maximum absolute atomic E-state index is 6.99. The Bertz CT molecular complexity index is 590. The topological polar surface area (TPSA) is 27.7 Å². The Balaban J connectivity index is 1.99. The van der Waals surface area contributed by atoms with Crippen LogP contribution in [-0.4, -0.2) is 33.9 Å². The summed E-state index contributed by atoms with van der Waals surface area (Å²) in [7, 11) is -0.0462. The van der Waals surface area contributed by atoms with Crippen LogP contribution in [0.3, 0.4) is 0 Å². The van der Waals surface area contributed by atoms with Gasteiger partial charge in [-0.1, -0.05) is 59.1 Å². The molecule has 2 rings (SSSR count). The Hall–Kier alpha value is -0.163. The van der Waals surface area contributed by atoms with E-state index in [2.05, 4.69) is 67.6 Å². The van der Waals surface area contributed by atoms with Crippen LogP contribution in [-0.2, 0) is 13.9 Å². The lowest BCUT2D eigenvalue weighted by Crippen LogP contribution is -2.49. The molecule has 0 amide bonds. The van der Waals surface area contributed by atoms with Gasteiger partial charge in [0.2, 0.25) is 0 Å². The van der Waals surface area contributed by atoms with E-state index < -0.39 is 8.32 Å². The van der Waals surface area contributed by atoms with Gasteiger partial charge >= 0.3 is 0 Å². The summed E-state index contributed by atoms with van der Waals surface area (Å²) in [6.45, 7) is 21.6. The van der Waals surface area contributed by atoms with Gasteiger partial charge in [-0.2, -0.15) is 0 Å². The van der Waals surface area contributed by atoms with E-state index in [1.54, 1.807) is 12.7 Å². The molecular weight excluding hydrogens is 388 g/mol. The number of fused-ring (bicyclic) bond motifs is 1. The molecule has 2 aliphatic carbocycles. The van der Waals surface area contributed by atoms with Gasteiger partial charge in [0.1, 0.15) is 6.79 Å². The van der Waals surface area contributed by atoms with E-state index >= 15 is 0 Å². The highest BCUT2D eigenvalue weighted by Crippen LogP contribution is 2.56. The molecule has 4 heteroatoms. The minimum absolute atomic E-state index is 0.112. The number of ether oxygens (including phenoxy) is 2. The average molecular weight is 439 g/mol. The molecule has 0 radical (unpaired) electrons. The maximum Gasteiger partial charge on any atom is 0.192 e. The van der Waals surface area contributed by atoms with Crippen molar-refractivity contribution in [2.75, 3.05) is 13.9 Å². The number of allylic oxidation sites excluding steroid dienone is 2. The van der Waals surface area contributed by atoms with Crippen LogP contribution in [0.15, 0.2) is 11.6 Å². The van der Waals surface area contributed by atoms with Gasteiger partial charge in [0.15, 0.2) is 8.32 Å². The maximum atomic E-state index is 6.99. The van der Waals surface area contributed by atoms with Crippen LogP contribution in [0.1, 0.15) is 93.4 Å². The van der Waals surface area contributed by atoms with Gasteiger partial charge < -0.3 is 13.9 Å². The van der Waals surface area contributed by atoms with Crippen molar-refractivity contribution in [2.45, 2.75) is 123 Å². The van der Waals surface area contributed by atoms with E-state index in [1.807, 2.05) is 0 Å². The third-order valence-electron chi connectivity index (χ3n) is 8.47. The monoisotopic (exact) mass is 438 g/mol. The van der Waals surface area contributed by atoms with E-state index in [0.717, 1.165) is 6.42 Å². The first-order valence-electron chi connectivity index (χ1n) is 12.2. The van der Waals surface area contributed by atoms with Crippen molar-refractivity contribution in [3.05, 3.63) is 11.6 Å². The second-order valence-electron chi connectivity index (χ2n) is 12.3. The lowest BCUT2D eigenvalue weighted by atomic mass is 9.63. The van der Waals surface area contributed by atoms with Crippen LogP contribution in [0, 0.1) is 17.3 Å². The van der Waals surface area contributed by atoms with Gasteiger partial charge in [0, 0.05) is 13.2 Å². The number of methoxy groups -OCH3 is 1. The summed E-state index contributed by atoms with van der Waals surface area (Å²) in [6, 6.07) is 0. The van der Waals surface area contributed by atoms with Crippen molar-refractivity contribution >= 4 is 8.32 Å². The molecule has 0 aliphatic heterocycles. The van der Waals surface area contributed by atoms with E-state index in [-0.39, 0.29) is 10.6 Å².